The summed E-state index contributed by atoms with van der Waals surface area (Å²) < 4.78 is 16.8. The average Bonchev–Trinajstić information content (AvgIpc) is 3.16. The standard InChI is InChI=1S/C28H23Cl2NO5/c1-15-12-22-19(14-20(15)30)26(32)24-25(17-5-7-18(29)8-6-17)31(28(33)27(24)36-22)11-10-16-4-9-21(34-2)23(13-16)35-3/h4-9,12-14,25H,10-11H2,1-3H3/t25-/m0/s1. The second kappa shape index (κ2) is 9.52. The molecular formula is C28H23Cl2NO5. The average molecular weight is 524 g/mol. The normalized spacial score (nSPS) is 14.9. The van der Waals surface area contributed by atoms with Crippen molar-refractivity contribution in [2.75, 3.05) is 20.8 Å². The summed E-state index contributed by atoms with van der Waals surface area (Å²) in [4.78, 5) is 29.0. The zero-order chi connectivity index (χ0) is 25.6. The van der Waals surface area contributed by atoms with E-state index in [-0.39, 0.29) is 17.1 Å². The molecule has 184 valence electrons. The van der Waals surface area contributed by atoms with E-state index < -0.39 is 6.04 Å². The van der Waals surface area contributed by atoms with E-state index in [4.69, 9.17) is 37.1 Å². The lowest BCUT2D eigenvalue weighted by molar-refractivity contribution is 0.0730. The van der Waals surface area contributed by atoms with Gasteiger partial charge in [-0.2, -0.15) is 0 Å². The van der Waals surface area contributed by atoms with Crippen LogP contribution in [0.4, 0.5) is 0 Å². The quantitative estimate of drug-likeness (QED) is 0.300. The molecule has 36 heavy (non-hydrogen) atoms. The fourth-order valence-electron chi connectivity index (χ4n) is 4.65. The van der Waals surface area contributed by atoms with Crippen molar-refractivity contribution in [2.24, 2.45) is 0 Å². The third kappa shape index (κ3) is 4.10. The summed E-state index contributed by atoms with van der Waals surface area (Å²) >= 11 is 12.4. The van der Waals surface area contributed by atoms with Crippen molar-refractivity contribution in [1.29, 1.82) is 0 Å². The first-order valence-corrected chi connectivity index (χ1v) is 12.1. The molecule has 3 aromatic carbocycles. The second-order valence-corrected chi connectivity index (χ2v) is 9.51. The van der Waals surface area contributed by atoms with Gasteiger partial charge >= 0.3 is 0 Å². The molecule has 1 aliphatic heterocycles. The van der Waals surface area contributed by atoms with Gasteiger partial charge in [0.1, 0.15) is 5.58 Å². The Kier molecular flexibility index (Phi) is 6.41. The van der Waals surface area contributed by atoms with E-state index in [9.17, 15) is 9.59 Å². The molecule has 0 unspecified atom stereocenters. The number of amides is 1. The fourth-order valence-corrected chi connectivity index (χ4v) is 4.94. The molecule has 1 amide bonds. The number of nitrogens with zero attached hydrogens (tertiary/aromatic N) is 1. The Morgan fingerprint density at radius 1 is 0.944 bits per heavy atom. The van der Waals surface area contributed by atoms with Crippen LogP contribution in [0.5, 0.6) is 11.5 Å². The highest BCUT2D eigenvalue weighted by Gasteiger charge is 2.42. The molecule has 4 aromatic rings. The molecule has 0 N–H and O–H groups in total. The van der Waals surface area contributed by atoms with Crippen LogP contribution in [0.3, 0.4) is 0 Å². The van der Waals surface area contributed by atoms with Crippen LogP contribution in [0.25, 0.3) is 11.0 Å². The molecule has 0 fully saturated rings. The molecule has 0 radical (unpaired) electrons. The highest BCUT2D eigenvalue weighted by Crippen LogP contribution is 2.39. The van der Waals surface area contributed by atoms with Crippen molar-refractivity contribution >= 4 is 40.1 Å². The first-order chi connectivity index (χ1) is 17.3. The van der Waals surface area contributed by atoms with Crippen LogP contribution in [0.1, 0.15) is 38.9 Å². The highest BCUT2D eigenvalue weighted by molar-refractivity contribution is 6.32. The number of hydrogen-bond acceptors (Lipinski definition) is 5. The third-order valence-corrected chi connectivity index (χ3v) is 7.18. The van der Waals surface area contributed by atoms with Crippen molar-refractivity contribution < 1.29 is 18.7 Å². The first-order valence-electron chi connectivity index (χ1n) is 11.4. The molecular weight excluding hydrogens is 501 g/mol. The predicted octanol–water partition coefficient (Wildman–Crippen LogP) is 6.21. The maximum absolute atomic E-state index is 13.7. The number of hydrogen-bond donors (Lipinski definition) is 0. The van der Waals surface area contributed by atoms with Crippen molar-refractivity contribution in [3.05, 3.63) is 103 Å². The van der Waals surface area contributed by atoms with Crippen LogP contribution in [0.2, 0.25) is 10.0 Å². The van der Waals surface area contributed by atoms with Crippen molar-refractivity contribution in [3.8, 4) is 11.5 Å². The molecule has 0 aliphatic carbocycles. The van der Waals surface area contributed by atoms with Crippen LogP contribution in [-0.4, -0.2) is 31.6 Å². The molecule has 0 bridgehead atoms. The minimum atomic E-state index is -0.620. The largest absolute Gasteiger partial charge is 0.493 e. The van der Waals surface area contributed by atoms with Gasteiger partial charge in [-0.25, -0.2) is 0 Å². The van der Waals surface area contributed by atoms with E-state index in [1.54, 1.807) is 43.4 Å². The molecule has 1 aliphatic rings. The summed E-state index contributed by atoms with van der Waals surface area (Å²) in [6, 6.07) is 15.4. The zero-order valence-electron chi connectivity index (χ0n) is 19.9. The van der Waals surface area contributed by atoms with E-state index in [0.717, 1.165) is 16.7 Å². The maximum Gasteiger partial charge on any atom is 0.290 e. The van der Waals surface area contributed by atoms with Crippen LogP contribution < -0.4 is 14.9 Å². The van der Waals surface area contributed by atoms with Crippen molar-refractivity contribution in [3.63, 3.8) is 0 Å². The Bertz CT molecular complexity index is 1540. The molecule has 5 rings (SSSR count). The summed E-state index contributed by atoms with van der Waals surface area (Å²) in [6.07, 6.45) is 0.531. The van der Waals surface area contributed by atoms with Crippen LogP contribution in [0, 0.1) is 6.92 Å². The van der Waals surface area contributed by atoms with Crippen LogP contribution in [0.15, 0.2) is 63.8 Å². The van der Waals surface area contributed by atoms with E-state index in [0.29, 0.717) is 51.0 Å². The Morgan fingerprint density at radius 2 is 1.67 bits per heavy atom. The van der Waals surface area contributed by atoms with Gasteiger partial charge in [-0.1, -0.05) is 41.4 Å². The van der Waals surface area contributed by atoms with E-state index in [1.807, 2.05) is 37.3 Å². The first kappa shape index (κ1) is 24.2. The molecule has 0 spiro atoms. The molecule has 1 atom stereocenters. The number of methoxy groups -OCH3 is 2. The van der Waals surface area contributed by atoms with Gasteiger partial charge < -0.3 is 18.8 Å². The Hall–Kier alpha value is -3.48. The number of fused-ring (bicyclic) bond motifs is 2. The minimum absolute atomic E-state index is 0.0569. The number of halogens is 2. The van der Waals surface area contributed by atoms with Crippen LogP contribution >= 0.6 is 23.2 Å². The number of benzene rings is 3. The topological polar surface area (TPSA) is 69.0 Å². The van der Waals surface area contributed by atoms with Gasteiger partial charge in [0.2, 0.25) is 5.76 Å². The second-order valence-electron chi connectivity index (χ2n) is 8.66. The lowest BCUT2D eigenvalue weighted by atomic mass is 9.98. The van der Waals surface area contributed by atoms with E-state index in [2.05, 4.69) is 0 Å². The summed E-state index contributed by atoms with van der Waals surface area (Å²) in [5, 5.41) is 1.37. The lowest BCUT2D eigenvalue weighted by Gasteiger charge is -2.25. The van der Waals surface area contributed by atoms with Crippen LogP contribution in [-0.2, 0) is 6.42 Å². The smallest absolute Gasteiger partial charge is 0.290 e. The van der Waals surface area contributed by atoms with E-state index >= 15 is 0 Å². The molecule has 8 heteroatoms. The highest BCUT2D eigenvalue weighted by atomic mass is 35.5. The van der Waals surface area contributed by atoms with Gasteiger partial charge in [0.05, 0.1) is 31.2 Å². The van der Waals surface area contributed by atoms with E-state index in [1.165, 1.54) is 0 Å². The monoisotopic (exact) mass is 523 g/mol. The maximum atomic E-state index is 13.7. The summed E-state index contributed by atoms with van der Waals surface area (Å²) in [7, 11) is 3.16. The van der Waals surface area contributed by atoms with Gasteiger partial charge in [-0.3, -0.25) is 9.59 Å². The van der Waals surface area contributed by atoms with Gasteiger partial charge in [-0.05, 0) is 66.4 Å². The summed E-state index contributed by atoms with van der Waals surface area (Å²) in [5.74, 6) is 0.953. The van der Waals surface area contributed by atoms with Gasteiger partial charge in [0.15, 0.2) is 16.9 Å². The van der Waals surface area contributed by atoms with Crippen molar-refractivity contribution in [1.82, 2.24) is 4.90 Å². The molecule has 0 saturated carbocycles. The predicted molar refractivity (Wildman–Crippen MR) is 140 cm³/mol. The summed E-state index contributed by atoms with van der Waals surface area (Å²) in [5.41, 5.74) is 2.86. The van der Waals surface area contributed by atoms with Gasteiger partial charge in [0.25, 0.3) is 5.91 Å². The number of carbonyl (C=O) groups excluding carboxylic acids is 1. The molecule has 6 nitrogen and oxygen atoms in total. The zero-order valence-corrected chi connectivity index (χ0v) is 21.4. The molecule has 0 saturated heterocycles. The summed E-state index contributed by atoms with van der Waals surface area (Å²) in [6.45, 7) is 2.17. The lowest BCUT2D eigenvalue weighted by Crippen LogP contribution is -2.31. The Balaban J connectivity index is 1.60. The Morgan fingerprint density at radius 3 is 2.36 bits per heavy atom. The minimum Gasteiger partial charge on any atom is -0.493 e. The number of rotatable bonds is 6. The van der Waals surface area contributed by atoms with Gasteiger partial charge in [0, 0.05) is 16.6 Å². The molecule has 1 aromatic heterocycles. The number of ether oxygens (including phenoxy) is 2. The SMILES string of the molecule is COc1ccc(CCN2C(=O)c3oc4cc(C)c(Cl)cc4c(=O)c3[C@@H]2c2ccc(Cl)cc2)cc1OC. The number of aryl methyl sites for hydroxylation is 1. The number of carbonyl (C=O) groups is 1. The Labute approximate surface area is 217 Å². The molecule has 2 heterocycles. The van der Waals surface area contributed by atoms with Gasteiger partial charge in [-0.15, -0.1) is 0 Å². The van der Waals surface area contributed by atoms with Crippen molar-refractivity contribution in [2.45, 2.75) is 19.4 Å². The third-order valence-electron chi connectivity index (χ3n) is 6.52. The fraction of sp³-hybridized carbons (Fsp3) is 0.214.